The Morgan fingerprint density at radius 1 is 1.02 bits per heavy atom. The highest BCUT2D eigenvalue weighted by Crippen LogP contribution is 2.26. The van der Waals surface area contributed by atoms with Crippen molar-refractivity contribution in [2.24, 2.45) is 17.8 Å². The molecule has 242 valence electrons. The molecule has 3 rings (SSSR count). The predicted octanol–water partition coefficient (Wildman–Crippen LogP) is 5.31. The van der Waals surface area contributed by atoms with Crippen molar-refractivity contribution >= 4 is 41.4 Å². The number of esters is 2. The predicted molar refractivity (Wildman–Crippen MR) is 173 cm³/mol. The Hall–Kier alpha value is -4.11. The Bertz CT molecular complexity index is 1380. The van der Waals surface area contributed by atoms with Gasteiger partial charge in [-0.05, 0) is 41.7 Å². The molecule has 2 aromatic rings. The Kier molecular flexibility index (Phi) is 13.7. The number of halogens is 1. The fourth-order valence-electron chi connectivity index (χ4n) is 4.69. The van der Waals surface area contributed by atoms with Crippen molar-refractivity contribution in [1.82, 2.24) is 10.6 Å². The summed E-state index contributed by atoms with van der Waals surface area (Å²) in [6.45, 7) is 7.29. The SMILES string of the molecule is COc1ccc(CC2NC(=O)/C=C/CC([C@H](C)/C=C/c3ccccc3)OC(=O)[C@H](CC(C)C)OC(=O)[C@H](C)CNC2=O)cc1Cl. The van der Waals surface area contributed by atoms with Gasteiger partial charge in [0.15, 0.2) is 6.10 Å². The molecule has 2 aromatic carbocycles. The molecular weight excluding hydrogens is 596 g/mol. The average molecular weight is 639 g/mol. The lowest BCUT2D eigenvalue weighted by Gasteiger charge is -2.26. The zero-order chi connectivity index (χ0) is 32.9. The van der Waals surface area contributed by atoms with Gasteiger partial charge in [0.2, 0.25) is 11.8 Å². The molecule has 0 bridgehead atoms. The lowest BCUT2D eigenvalue weighted by molar-refractivity contribution is -0.175. The third-order valence-corrected chi connectivity index (χ3v) is 7.66. The van der Waals surface area contributed by atoms with Gasteiger partial charge in [0.1, 0.15) is 17.9 Å². The maximum Gasteiger partial charge on any atom is 0.347 e. The van der Waals surface area contributed by atoms with Crippen LogP contribution in [0.1, 0.15) is 51.7 Å². The van der Waals surface area contributed by atoms with Gasteiger partial charge < -0.3 is 24.8 Å². The molecule has 45 heavy (non-hydrogen) atoms. The fraction of sp³-hybridized carbons (Fsp3) is 0.429. The number of benzene rings is 2. The molecule has 2 amide bonds. The van der Waals surface area contributed by atoms with Crippen LogP contribution in [0, 0.1) is 17.8 Å². The number of carbonyl (C=O) groups is 4. The monoisotopic (exact) mass is 638 g/mol. The van der Waals surface area contributed by atoms with Crippen molar-refractivity contribution in [3.05, 3.63) is 82.9 Å². The number of ether oxygens (including phenoxy) is 3. The lowest BCUT2D eigenvalue weighted by Crippen LogP contribution is -2.49. The molecular formula is C35H43ClN2O7. The summed E-state index contributed by atoms with van der Waals surface area (Å²) in [5.41, 5.74) is 1.69. The number of cyclic esters (lactones) is 2. The van der Waals surface area contributed by atoms with Gasteiger partial charge in [0, 0.05) is 25.3 Å². The molecule has 0 saturated carbocycles. The molecule has 0 radical (unpaired) electrons. The van der Waals surface area contributed by atoms with Crippen LogP contribution >= 0.6 is 11.6 Å². The van der Waals surface area contributed by atoms with E-state index in [-0.39, 0.29) is 37.6 Å². The topological polar surface area (TPSA) is 120 Å². The van der Waals surface area contributed by atoms with E-state index in [1.165, 1.54) is 13.2 Å². The minimum atomic E-state index is -1.11. The fourth-order valence-corrected chi connectivity index (χ4v) is 4.97. The van der Waals surface area contributed by atoms with Gasteiger partial charge in [-0.1, -0.05) is 93.9 Å². The summed E-state index contributed by atoms with van der Waals surface area (Å²) in [7, 11) is 1.51. The molecule has 0 fully saturated rings. The van der Waals surface area contributed by atoms with Gasteiger partial charge in [-0.2, -0.15) is 0 Å². The second kappa shape index (κ2) is 17.4. The van der Waals surface area contributed by atoms with Gasteiger partial charge in [-0.3, -0.25) is 14.4 Å². The zero-order valence-corrected chi connectivity index (χ0v) is 27.2. The first kappa shape index (κ1) is 35.4. The van der Waals surface area contributed by atoms with Crippen LogP contribution in [0.3, 0.4) is 0 Å². The zero-order valence-electron chi connectivity index (χ0n) is 26.5. The summed E-state index contributed by atoms with van der Waals surface area (Å²) in [4.78, 5) is 52.7. The molecule has 5 atom stereocenters. The van der Waals surface area contributed by atoms with Crippen molar-refractivity contribution in [3.63, 3.8) is 0 Å². The van der Waals surface area contributed by atoms with Crippen LogP contribution in [-0.4, -0.2) is 55.7 Å². The number of amides is 2. The molecule has 0 spiro atoms. The van der Waals surface area contributed by atoms with Gasteiger partial charge in [0.25, 0.3) is 0 Å². The molecule has 10 heteroatoms. The first-order chi connectivity index (χ1) is 21.5. The Balaban J connectivity index is 1.89. The summed E-state index contributed by atoms with van der Waals surface area (Å²) in [6.07, 6.45) is 5.68. The molecule has 1 heterocycles. The van der Waals surface area contributed by atoms with Crippen LogP contribution in [0.2, 0.25) is 5.02 Å². The summed E-state index contributed by atoms with van der Waals surface area (Å²) in [5.74, 6) is -2.74. The number of carbonyl (C=O) groups excluding carboxylic acids is 4. The van der Waals surface area contributed by atoms with E-state index in [1.54, 1.807) is 31.2 Å². The second-order valence-electron chi connectivity index (χ2n) is 11.7. The van der Waals surface area contributed by atoms with Crippen LogP contribution in [-0.2, 0) is 35.1 Å². The van der Waals surface area contributed by atoms with E-state index in [2.05, 4.69) is 10.6 Å². The number of methoxy groups -OCH3 is 1. The second-order valence-corrected chi connectivity index (χ2v) is 12.1. The van der Waals surface area contributed by atoms with E-state index in [0.717, 1.165) is 5.56 Å². The van der Waals surface area contributed by atoms with Crippen molar-refractivity contribution < 1.29 is 33.4 Å². The maximum absolute atomic E-state index is 13.4. The van der Waals surface area contributed by atoms with E-state index < -0.39 is 47.9 Å². The van der Waals surface area contributed by atoms with Gasteiger partial charge in [0.05, 0.1) is 18.1 Å². The van der Waals surface area contributed by atoms with Gasteiger partial charge in [-0.15, -0.1) is 0 Å². The van der Waals surface area contributed by atoms with Crippen LogP contribution in [0.15, 0.2) is 66.8 Å². The van der Waals surface area contributed by atoms with E-state index in [1.807, 2.05) is 63.3 Å². The van der Waals surface area contributed by atoms with Crippen LogP contribution in [0.25, 0.3) is 6.08 Å². The van der Waals surface area contributed by atoms with Crippen molar-refractivity contribution in [2.75, 3.05) is 13.7 Å². The van der Waals surface area contributed by atoms with Crippen molar-refractivity contribution in [3.8, 4) is 5.75 Å². The highest BCUT2D eigenvalue weighted by molar-refractivity contribution is 6.32. The van der Waals surface area contributed by atoms with Gasteiger partial charge in [-0.25, -0.2) is 4.79 Å². The van der Waals surface area contributed by atoms with Crippen molar-refractivity contribution in [1.29, 1.82) is 0 Å². The number of hydrogen-bond donors (Lipinski definition) is 2. The number of rotatable bonds is 8. The van der Waals surface area contributed by atoms with E-state index in [4.69, 9.17) is 25.8 Å². The quantitative estimate of drug-likeness (QED) is 0.376. The Morgan fingerprint density at radius 3 is 2.42 bits per heavy atom. The minimum absolute atomic E-state index is 0.0422. The van der Waals surface area contributed by atoms with Crippen LogP contribution < -0.4 is 15.4 Å². The smallest absolute Gasteiger partial charge is 0.347 e. The number of hydrogen-bond acceptors (Lipinski definition) is 7. The van der Waals surface area contributed by atoms with Crippen LogP contribution in [0.4, 0.5) is 0 Å². The molecule has 9 nitrogen and oxygen atoms in total. The molecule has 0 aliphatic carbocycles. The Labute approximate surface area is 270 Å². The van der Waals surface area contributed by atoms with Crippen molar-refractivity contribution in [2.45, 2.75) is 65.2 Å². The van der Waals surface area contributed by atoms with E-state index >= 15 is 0 Å². The van der Waals surface area contributed by atoms with Gasteiger partial charge >= 0.3 is 11.9 Å². The molecule has 0 aromatic heterocycles. The summed E-state index contributed by atoms with van der Waals surface area (Å²) in [6, 6.07) is 13.9. The summed E-state index contributed by atoms with van der Waals surface area (Å²) in [5, 5.41) is 5.85. The third-order valence-electron chi connectivity index (χ3n) is 7.36. The van der Waals surface area contributed by atoms with E-state index in [9.17, 15) is 19.2 Å². The molecule has 2 unspecified atom stereocenters. The number of nitrogens with one attached hydrogen (secondary N) is 2. The molecule has 1 aliphatic rings. The largest absolute Gasteiger partial charge is 0.495 e. The maximum atomic E-state index is 13.4. The first-order valence-corrected chi connectivity index (χ1v) is 15.6. The average Bonchev–Trinajstić information content (AvgIpc) is 3.01. The third kappa shape index (κ3) is 11.4. The highest BCUT2D eigenvalue weighted by Gasteiger charge is 2.31. The van der Waals surface area contributed by atoms with E-state index in [0.29, 0.717) is 16.3 Å². The highest BCUT2D eigenvalue weighted by atomic mass is 35.5. The summed E-state index contributed by atoms with van der Waals surface area (Å²) < 4.78 is 16.8. The normalized spacial score (nSPS) is 23.5. The standard InChI is InChI=1S/C35H43ClN2O7/c1-22(2)18-31-35(42)44-29(23(3)14-15-25-10-7-6-8-11-25)12-9-13-32(39)38-28(33(40)37-21-24(4)34(41)45-31)20-26-16-17-30(43-5)27(36)19-26/h6-11,13-17,19,22-24,28-29,31H,12,18,20-21H2,1-5H3,(H,37,40)(H,38,39)/b13-9+,15-14+/t23-,24-,28?,29?,31+/m1/s1. The first-order valence-electron chi connectivity index (χ1n) is 15.2. The Morgan fingerprint density at radius 2 is 1.76 bits per heavy atom. The molecule has 0 saturated heterocycles. The summed E-state index contributed by atoms with van der Waals surface area (Å²) >= 11 is 6.29. The van der Waals surface area contributed by atoms with Crippen LogP contribution in [0.5, 0.6) is 5.75 Å². The molecule has 2 N–H and O–H groups in total. The lowest BCUT2D eigenvalue weighted by atomic mass is 9.99. The molecule has 1 aliphatic heterocycles. The minimum Gasteiger partial charge on any atom is -0.495 e.